The fourth-order valence-corrected chi connectivity index (χ4v) is 3.69. The molecule has 3 atom stereocenters. The minimum absolute atomic E-state index is 0.0633. The quantitative estimate of drug-likeness (QED) is 0.843. The Balaban J connectivity index is 2.16. The molecule has 19 heavy (non-hydrogen) atoms. The molecule has 0 aliphatic heterocycles. The number of aryl methyl sites for hydroxylation is 1. The molecule has 0 aromatic heterocycles. The van der Waals surface area contributed by atoms with Crippen molar-refractivity contribution in [3.63, 3.8) is 0 Å². The highest BCUT2D eigenvalue weighted by atomic mass is 16.5. The van der Waals surface area contributed by atoms with E-state index in [-0.39, 0.29) is 11.7 Å². The maximum absolute atomic E-state index is 12.6. The maximum atomic E-state index is 12.6. The van der Waals surface area contributed by atoms with Gasteiger partial charge in [-0.15, -0.1) is 0 Å². The number of hydrogen-bond donors (Lipinski definition) is 1. The topological polar surface area (TPSA) is 46.5 Å². The zero-order valence-electron chi connectivity index (χ0n) is 11.7. The first-order chi connectivity index (χ1) is 8.97. The predicted octanol–water partition coefficient (Wildman–Crippen LogP) is 2.37. The van der Waals surface area contributed by atoms with Crippen LogP contribution in [-0.2, 0) is 11.2 Å². The first kappa shape index (κ1) is 12.7. The molecule has 2 aliphatic rings. The lowest BCUT2D eigenvalue weighted by Crippen LogP contribution is -2.51. The molecular weight excluding hydrogens is 240 g/mol. The molecule has 1 aromatic rings. The number of fused-ring (bicyclic) bond motifs is 4. The minimum atomic E-state index is -0.600. The van der Waals surface area contributed by atoms with Gasteiger partial charge in [-0.05, 0) is 55.9 Å². The SMILES string of the molecule is COc1cc2c(cc1C)C[C@]1(C)C(=O)[C@H]2CC[C@@H]1O. The summed E-state index contributed by atoms with van der Waals surface area (Å²) >= 11 is 0. The van der Waals surface area contributed by atoms with Crippen LogP contribution in [0.5, 0.6) is 5.75 Å². The molecule has 1 N–H and O–H groups in total. The number of benzene rings is 1. The van der Waals surface area contributed by atoms with Gasteiger partial charge in [-0.1, -0.05) is 6.07 Å². The molecule has 1 aromatic carbocycles. The van der Waals surface area contributed by atoms with Gasteiger partial charge in [-0.2, -0.15) is 0 Å². The average molecular weight is 260 g/mol. The second-order valence-corrected chi connectivity index (χ2v) is 6.12. The normalized spacial score (nSPS) is 32.9. The molecule has 2 aliphatic carbocycles. The van der Waals surface area contributed by atoms with E-state index < -0.39 is 11.5 Å². The summed E-state index contributed by atoms with van der Waals surface area (Å²) in [5.74, 6) is 0.984. The van der Waals surface area contributed by atoms with E-state index in [1.807, 2.05) is 19.9 Å². The fraction of sp³-hybridized carbons (Fsp3) is 0.562. The lowest BCUT2D eigenvalue weighted by Gasteiger charge is -2.45. The molecule has 3 nitrogen and oxygen atoms in total. The van der Waals surface area contributed by atoms with Crippen molar-refractivity contribution in [2.45, 2.75) is 45.1 Å². The Morgan fingerprint density at radius 2 is 2.11 bits per heavy atom. The summed E-state index contributed by atoms with van der Waals surface area (Å²) in [6.45, 7) is 3.93. The number of aliphatic hydroxyl groups excluding tert-OH is 1. The standard InChI is InChI=1S/C16H20O3/c1-9-6-10-8-16(2)14(17)5-4-11(15(16)18)12(10)7-13(9)19-3/h6-7,11,14,17H,4-5,8H2,1-3H3/t11-,14-,16-/m0/s1. The van der Waals surface area contributed by atoms with Gasteiger partial charge in [0.2, 0.25) is 0 Å². The van der Waals surface area contributed by atoms with E-state index in [4.69, 9.17) is 4.74 Å². The number of rotatable bonds is 1. The van der Waals surface area contributed by atoms with Crippen LogP contribution in [0.1, 0.15) is 42.4 Å². The Bertz CT molecular complexity index is 549. The largest absolute Gasteiger partial charge is 0.496 e. The fourth-order valence-electron chi connectivity index (χ4n) is 3.69. The summed E-state index contributed by atoms with van der Waals surface area (Å²) in [5.41, 5.74) is 2.80. The monoisotopic (exact) mass is 260 g/mol. The lowest BCUT2D eigenvalue weighted by atomic mass is 9.58. The third-order valence-corrected chi connectivity index (χ3v) is 4.93. The van der Waals surface area contributed by atoms with Crippen molar-refractivity contribution in [3.05, 3.63) is 28.8 Å². The zero-order valence-corrected chi connectivity index (χ0v) is 11.7. The first-order valence-electron chi connectivity index (χ1n) is 6.87. The highest BCUT2D eigenvalue weighted by molar-refractivity contribution is 5.94. The van der Waals surface area contributed by atoms with Crippen LogP contribution in [0.15, 0.2) is 12.1 Å². The molecule has 1 fully saturated rings. The molecular formula is C16H20O3. The molecule has 3 heteroatoms. The summed E-state index contributed by atoms with van der Waals surface area (Å²) in [7, 11) is 1.66. The van der Waals surface area contributed by atoms with E-state index in [1.54, 1.807) is 7.11 Å². The second-order valence-electron chi connectivity index (χ2n) is 6.12. The van der Waals surface area contributed by atoms with Gasteiger partial charge in [0.25, 0.3) is 0 Å². The van der Waals surface area contributed by atoms with Crippen LogP contribution in [0.3, 0.4) is 0 Å². The van der Waals surface area contributed by atoms with E-state index in [9.17, 15) is 9.90 Å². The smallest absolute Gasteiger partial charge is 0.149 e. The Labute approximate surface area is 113 Å². The van der Waals surface area contributed by atoms with Crippen LogP contribution in [-0.4, -0.2) is 24.1 Å². The van der Waals surface area contributed by atoms with E-state index in [0.29, 0.717) is 12.8 Å². The van der Waals surface area contributed by atoms with Crippen molar-refractivity contribution >= 4 is 5.78 Å². The summed E-state index contributed by atoms with van der Waals surface area (Å²) < 4.78 is 5.37. The van der Waals surface area contributed by atoms with Crippen LogP contribution in [0.25, 0.3) is 0 Å². The molecule has 0 radical (unpaired) electrons. The molecule has 3 rings (SSSR count). The van der Waals surface area contributed by atoms with Crippen molar-refractivity contribution in [1.82, 2.24) is 0 Å². The van der Waals surface area contributed by atoms with Crippen LogP contribution in [0.4, 0.5) is 0 Å². The minimum Gasteiger partial charge on any atom is -0.496 e. The third kappa shape index (κ3) is 1.64. The molecule has 2 bridgehead atoms. The van der Waals surface area contributed by atoms with E-state index in [1.165, 1.54) is 5.56 Å². The van der Waals surface area contributed by atoms with Crippen LogP contribution >= 0.6 is 0 Å². The van der Waals surface area contributed by atoms with Gasteiger partial charge >= 0.3 is 0 Å². The average Bonchev–Trinajstić information content (AvgIpc) is 2.37. The number of carbonyl (C=O) groups excluding carboxylic acids is 1. The van der Waals surface area contributed by atoms with Gasteiger partial charge in [0, 0.05) is 5.92 Å². The van der Waals surface area contributed by atoms with Crippen molar-refractivity contribution in [2.24, 2.45) is 5.41 Å². The van der Waals surface area contributed by atoms with Crippen LogP contribution < -0.4 is 4.74 Å². The number of ketones is 1. The second kappa shape index (κ2) is 4.07. The maximum Gasteiger partial charge on any atom is 0.149 e. The van der Waals surface area contributed by atoms with Crippen molar-refractivity contribution in [1.29, 1.82) is 0 Å². The molecule has 0 unspecified atom stereocenters. The number of carbonyl (C=O) groups is 1. The number of methoxy groups -OCH3 is 1. The van der Waals surface area contributed by atoms with E-state index in [0.717, 1.165) is 23.3 Å². The van der Waals surface area contributed by atoms with Gasteiger partial charge < -0.3 is 9.84 Å². The molecule has 0 saturated heterocycles. The predicted molar refractivity (Wildman–Crippen MR) is 72.5 cm³/mol. The molecule has 0 spiro atoms. The summed E-state index contributed by atoms with van der Waals surface area (Å²) in [5, 5.41) is 10.2. The Morgan fingerprint density at radius 1 is 1.37 bits per heavy atom. The third-order valence-electron chi connectivity index (χ3n) is 4.93. The summed E-state index contributed by atoms with van der Waals surface area (Å²) in [6, 6.07) is 4.13. The van der Waals surface area contributed by atoms with Gasteiger partial charge in [0.05, 0.1) is 18.6 Å². The number of hydrogen-bond acceptors (Lipinski definition) is 3. The Morgan fingerprint density at radius 3 is 2.79 bits per heavy atom. The van der Waals surface area contributed by atoms with Crippen LogP contribution in [0, 0.1) is 12.3 Å². The highest BCUT2D eigenvalue weighted by Gasteiger charge is 2.51. The van der Waals surface area contributed by atoms with E-state index >= 15 is 0 Å². The summed E-state index contributed by atoms with van der Waals surface area (Å²) in [6.07, 6.45) is 1.59. The Kier molecular flexibility index (Phi) is 2.72. The number of aliphatic hydroxyl groups is 1. The molecule has 0 amide bonds. The van der Waals surface area contributed by atoms with Crippen molar-refractivity contribution in [2.75, 3.05) is 7.11 Å². The first-order valence-corrected chi connectivity index (χ1v) is 6.87. The Hall–Kier alpha value is -1.35. The molecule has 0 heterocycles. The number of Topliss-reactive ketones (excluding diaryl/α,β-unsaturated/α-hetero) is 1. The number of ether oxygens (including phenoxy) is 1. The zero-order chi connectivity index (χ0) is 13.8. The van der Waals surface area contributed by atoms with Gasteiger partial charge in [-0.3, -0.25) is 4.79 Å². The highest BCUT2D eigenvalue weighted by Crippen LogP contribution is 2.49. The van der Waals surface area contributed by atoms with Crippen molar-refractivity contribution in [3.8, 4) is 5.75 Å². The summed E-state index contributed by atoms with van der Waals surface area (Å²) in [4.78, 5) is 12.6. The van der Waals surface area contributed by atoms with E-state index in [2.05, 4.69) is 6.07 Å². The molecule has 102 valence electrons. The van der Waals surface area contributed by atoms with Gasteiger partial charge in [0.15, 0.2) is 0 Å². The van der Waals surface area contributed by atoms with Crippen LogP contribution in [0.2, 0.25) is 0 Å². The lowest BCUT2D eigenvalue weighted by molar-refractivity contribution is -0.142. The molecule has 1 saturated carbocycles. The van der Waals surface area contributed by atoms with Crippen molar-refractivity contribution < 1.29 is 14.6 Å². The van der Waals surface area contributed by atoms with Gasteiger partial charge in [0.1, 0.15) is 11.5 Å². The van der Waals surface area contributed by atoms with Gasteiger partial charge in [-0.25, -0.2) is 0 Å².